The highest BCUT2D eigenvalue weighted by Crippen LogP contribution is 2.42. The zero-order valence-corrected chi connectivity index (χ0v) is 15.6. The van der Waals surface area contributed by atoms with Crippen molar-refractivity contribution in [2.24, 2.45) is 0 Å². The molecule has 4 aromatic rings. The molecule has 10 heteroatoms. The Kier molecular flexibility index (Phi) is 4.06. The number of carbonyl (C=O) groups excluding carboxylic acids is 1. The Morgan fingerprint density at radius 2 is 2.32 bits per heavy atom. The Morgan fingerprint density at radius 3 is 3.11 bits per heavy atom. The molecule has 2 N–H and O–H groups in total. The minimum atomic E-state index is -0.342. The molecule has 0 saturated carbocycles. The van der Waals surface area contributed by atoms with Crippen LogP contribution < -0.4 is 5.32 Å². The Morgan fingerprint density at radius 1 is 1.39 bits per heavy atom. The number of aromatic nitrogens is 4. The first kappa shape index (κ1) is 16.9. The van der Waals surface area contributed by atoms with Crippen LogP contribution in [-0.2, 0) is 17.8 Å². The number of rotatable bonds is 4. The zero-order valence-electron chi connectivity index (χ0n) is 14.8. The van der Waals surface area contributed by atoms with Crippen molar-refractivity contribution in [1.82, 2.24) is 20.3 Å². The maximum Gasteiger partial charge on any atom is 0.276 e. The highest BCUT2D eigenvalue weighted by atomic mass is 32.1. The zero-order chi connectivity index (χ0) is 19.1. The topological polar surface area (TPSA) is 119 Å². The normalized spacial score (nSPS) is 13.5. The van der Waals surface area contributed by atoms with Gasteiger partial charge in [-0.25, -0.2) is 0 Å². The van der Waals surface area contributed by atoms with E-state index in [4.69, 9.17) is 13.7 Å². The first-order valence-corrected chi connectivity index (χ1v) is 9.44. The van der Waals surface area contributed by atoms with Crippen molar-refractivity contribution < 1.29 is 18.5 Å². The Balaban J connectivity index is 1.48. The third-order valence-electron chi connectivity index (χ3n) is 4.39. The van der Waals surface area contributed by atoms with Gasteiger partial charge in [0, 0.05) is 10.9 Å². The fourth-order valence-corrected chi connectivity index (χ4v) is 4.28. The molecular formula is C18H15N5O4S. The molecule has 1 aliphatic rings. The summed E-state index contributed by atoms with van der Waals surface area (Å²) in [6.45, 7) is 2.87. The number of amides is 1. The number of H-pyrrole nitrogens is 1. The van der Waals surface area contributed by atoms with Crippen molar-refractivity contribution in [2.75, 3.05) is 11.9 Å². The summed E-state index contributed by atoms with van der Waals surface area (Å²) in [5.74, 6) is 1.20. The van der Waals surface area contributed by atoms with Crippen LogP contribution in [0.1, 0.15) is 26.8 Å². The van der Waals surface area contributed by atoms with Crippen LogP contribution in [-0.4, -0.2) is 32.9 Å². The molecule has 0 unspecified atom stereocenters. The van der Waals surface area contributed by atoms with Crippen LogP contribution in [0.25, 0.3) is 22.9 Å². The first-order chi connectivity index (χ1) is 13.7. The number of ether oxygens (including phenoxy) is 1. The molecule has 0 bridgehead atoms. The number of nitrogens with zero attached hydrogens (tertiary/aromatic N) is 3. The SMILES string of the molecule is Cc1noc(-c2c(NC(=O)c3cc(-c4ccco4)[nH]n3)sc3c2CCOC3)n1. The molecular weight excluding hydrogens is 382 g/mol. The van der Waals surface area contributed by atoms with Gasteiger partial charge in [0.25, 0.3) is 11.8 Å². The fraction of sp³-hybridized carbons (Fsp3) is 0.222. The highest BCUT2D eigenvalue weighted by Gasteiger charge is 2.27. The number of aromatic amines is 1. The van der Waals surface area contributed by atoms with Crippen molar-refractivity contribution in [2.45, 2.75) is 20.0 Å². The van der Waals surface area contributed by atoms with Gasteiger partial charge in [0.1, 0.15) is 10.7 Å². The van der Waals surface area contributed by atoms with Crippen LogP contribution in [0.3, 0.4) is 0 Å². The van der Waals surface area contributed by atoms with E-state index in [1.807, 2.05) is 0 Å². The highest BCUT2D eigenvalue weighted by molar-refractivity contribution is 7.17. The van der Waals surface area contributed by atoms with Crippen LogP contribution in [0.2, 0.25) is 0 Å². The summed E-state index contributed by atoms with van der Waals surface area (Å²) in [5.41, 5.74) is 2.72. The van der Waals surface area contributed by atoms with E-state index in [0.717, 1.165) is 22.4 Å². The van der Waals surface area contributed by atoms with Gasteiger partial charge in [0.2, 0.25) is 0 Å². The van der Waals surface area contributed by atoms with Gasteiger partial charge in [-0.3, -0.25) is 9.89 Å². The van der Waals surface area contributed by atoms with E-state index in [0.29, 0.717) is 41.4 Å². The average Bonchev–Trinajstić information content (AvgIpc) is 3.47. The molecule has 9 nitrogen and oxygen atoms in total. The average molecular weight is 397 g/mol. The third-order valence-corrected chi connectivity index (χ3v) is 5.51. The molecule has 1 amide bonds. The lowest BCUT2D eigenvalue weighted by Crippen LogP contribution is -2.12. The third kappa shape index (κ3) is 2.92. The Hall–Kier alpha value is -3.24. The largest absolute Gasteiger partial charge is 0.463 e. The second kappa shape index (κ2) is 6.73. The van der Waals surface area contributed by atoms with Crippen LogP contribution in [0, 0.1) is 6.92 Å². The summed E-state index contributed by atoms with van der Waals surface area (Å²) in [5, 5.41) is 14.4. The lowest BCUT2D eigenvalue weighted by atomic mass is 10.1. The van der Waals surface area contributed by atoms with Gasteiger partial charge in [0.05, 0.1) is 25.0 Å². The molecule has 0 radical (unpaired) electrons. The van der Waals surface area contributed by atoms with Gasteiger partial charge in [-0.15, -0.1) is 11.3 Å². The smallest absolute Gasteiger partial charge is 0.276 e. The number of hydrogen-bond acceptors (Lipinski definition) is 8. The van der Waals surface area contributed by atoms with Crippen LogP contribution >= 0.6 is 11.3 Å². The minimum absolute atomic E-state index is 0.252. The summed E-state index contributed by atoms with van der Waals surface area (Å²) in [6.07, 6.45) is 2.29. The van der Waals surface area contributed by atoms with Gasteiger partial charge >= 0.3 is 0 Å². The van der Waals surface area contributed by atoms with E-state index >= 15 is 0 Å². The summed E-state index contributed by atoms with van der Waals surface area (Å²) in [6, 6.07) is 5.20. The van der Waals surface area contributed by atoms with Crippen molar-refractivity contribution >= 4 is 22.2 Å². The predicted octanol–water partition coefficient (Wildman–Crippen LogP) is 3.41. The predicted molar refractivity (Wildman–Crippen MR) is 100.0 cm³/mol. The molecule has 0 saturated heterocycles. The van der Waals surface area contributed by atoms with Crippen molar-refractivity contribution in [1.29, 1.82) is 0 Å². The van der Waals surface area contributed by atoms with Gasteiger partial charge < -0.3 is 19.0 Å². The van der Waals surface area contributed by atoms with Gasteiger partial charge in [-0.2, -0.15) is 10.1 Å². The molecule has 5 rings (SSSR count). The lowest BCUT2D eigenvalue weighted by Gasteiger charge is -2.12. The fourth-order valence-electron chi connectivity index (χ4n) is 3.11. The number of carbonyl (C=O) groups is 1. The monoisotopic (exact) mass is 397 g/mol. The van der Waals surface area contributed by atoms with Crippen molar-refractivity contribution in [3.8, 4) is 22.9 Å². The summed E-state index contributed by atoms with van der Waals surface area (Å²) in [7, 11) is 0. The molecule has 1 aliphatic heterocycles. The molecule has 0 atom stereocenters. The molecule has 0 fully saturated rings. The molecule has 4 aromatic heterocycles. The number of aryl methyl sites for hydroxylation is 1. The quantitative estimate of drug-likeness (QED) is 0.541. The van der Waals surface area contributed by atoms with E-state index in [1.54, 1.807) is 31.4 Å². The van der Waals surface area contributed by atoms with Crippen LogP contribution in [0.4, 0.5) is 5.00 Å². The second-order valence-electron chi connectivity index (χ2n) is 6.26. The minimum Gasteiger partial charge on any atom is -0.463 e. The van der Waals surface area contributed by atoms with Crippen molar-refractivity contribution in [3.05, 3.63) is 46.4 Å². The van der Waals surface area contributed by atoms with Crippen molar-refractivity contribution in [3.63, 3.8) is 0 Å². The van der Waals surface area contributed by atoms with Crippen LogP contribution in [0.15, 0.2) is 33.4 Å². The maximum atomic E-state index is 12.8. The molecule has 0 spiro atoms. The lowest BCUT2D eigenvalue weighted by molar-refractivity contribution is 0.102. The maximum absolute atomic E-state index is 12.8. The summed E-state index contributed by atoms with van der Waals surface area (Å²) in [4.78, 5) is 18.2. The molecule has 0 aromatic carbocycles. The van der Waals surface area contributed by atoms with Gasteiger partial charge in [-0.1, -0.05) is 5.16 Å². The van der Waals surface area contributed by atoms with E-state index in [-0.39, 0.29) is 11.6 Å². The second-order valence-corrected chi connectivity index (χ2v) is 7.36. The number of fused-ring (bicyclic) bond motifs is 1. The first-order valence-electron chi connectivity index (χ1n) is 8.62. The number of anilines is 1. The summed E-state index contributed by atoms with van der Waals surface area (Å²) < 4.78 is 16.2. The molecule has 28 heavy (non-hydrogen) atoms. The number of thiophene rings is 1. The molecule has 142 valence electrons. The van der Waals surface area contributed by atoms with E-state index in [1.165, 1.54) is 11.3 Å². The van der Waals surface area contributed by atoms with E-state index in [2.05, 4.69) is 25.7 Å². The number of furan rings is 1. The Labute approximate surface area is 162 Å². The van der Waals surface area contributed by atoms with Gasteiger partial charge in [0.15, 0.2) is 17.3 Å². The van der Waals surface area contributed by atoms with Gasteiger partial charge in [-0.05, 0) is 31.0 Å². The Bertz CT molecular complexity index is 1140. The number of nitrogens with one attached hydrogen (secondary N) is 2. The van der Waals surface area contributed by atoms with E-state index < -0.39 is 0 Å². The summed E-state index contributed by atoms with van der Waals surface area (Å²) >= 11 is 1.45. The molecule has 5 heterocycles. The van der Waals surface area contributed by atoms with E-state index in [9.17, 15) is 4.79 Å². The molecule has 0 aliphatic carbocycles. The number of hydrogen-bond donors (Lipinski definition) is 2. The van der Waals surface area contributed by atoms with Crippen LogP contribution in [0.5, 0.6) is 0 Å². The standard InChI is InChI=1S/C18H15N5O4S/c1-9-19-17(27-23-9)15-10-4-6-25-8-14(10)28-18(15)20-16(24)12-7-11(21-22-12)13-3-2-5-26-13/h2-3,5,7H,4,6,8H2,1H3,(H,20,24)(H,21,22).